The van der Waals surface area contributed by atoms with Crippen molar-refractivity contribution in [3.8, 4) is 0 Å². The highest BCUT2D eigenvalue weighted by Gasteiger charge is 2.59. The SMILES string of the molecule is O=C(N[C@H]1CC[C@H](CN2C(=O)C3(CN(C(=O)c4ccccc4)C3)c3ccccc32)CC1)c1cc(Cl)cnc1C(F)F. The minimum Gasteiger partial charge on any atom is -0.349 e. The van der Waals surface area contributed by atoms with Crippen LogP contribution in [0.15, 0.2) is 66.9 Å². The first-order valence-electron chi connectivity index (χ1n) is 13.8. The molecule has 0 atom stereocenters. The summed E-state index contributed by atoms with van der Waals surface area (Å²) in [5.41, 5.74) is 0.958. The molecular formula is C31H29ClF2N4O3. The highest BCUT2D eigenvalue weighted by Crippen LogP contribution is 2.48. The zero-order valence-electron chi connectivity index (χ0n) is 22.2. The average molecular weight is 579 g/mol. The fraction of sp³-hybridized carbons (Fsp3) is 0.355. The number of nitrogens with one attached hydrogen (secondary N) is 1. The second-order valence-corrected chi connectivity index (χ2v) is 11.6. The normalized spacial score (nSPS) is 21.1. The molecule has 10 heteroatoms. The topological polar surface area (TPSA) is 82.6 Å². The second-order valence-electron chi connectivity index (χ2n) is 11.1. The van der Waals surface area contributed by atoms with Gasteiger partial charge in [-0.15, -0.1) is 0 Å². The molecule has 1 spiro atoms. The molecule has 1 aliphatic carbocycles. The minimum absolute atomic E-state index is 0.0271. The molecule has 3 heterocycles. The molecule has 3 aromatic rings. The molecule has 1 saturated heterocycles. The Hall–Kier alpha value is -3.85. The molecule has 1 N–H and O–H groups in total. The third-order valence-corrected chi connectivity index (χ3v) is 8.76. The van der Waals surface area contributed by atoms with Crippen LogP contribution in [0.3, 0.4) is 0 Å². The minimum atomic E-state index is -2.88. The van der Waals surface area contributed by atoms with Crippen LogP contribution < -0.4 is 10.2 Å². The van der Waals surface area contributed by atoms with Crippen molar-refractivity contribution in [2.75, 3.05) is 24.5 Å². The van der Waals surface area contributed by atoms with Gasteiger partial charge >= 0.3 is 0 Å². The Morgan fingerprint density at radius 2 is 1.71 bits per heavy atom. The molecule has 1 saturated carbocycles. The summed E-state index contributed by atoms with van der Waals surface area (Å²) in [6.45, 7) is 1.26. The number of carbonyl (C=O) groups is 3. The fourth-order valence-corrected chi connectivity index (χ4v) is 6.57. The third-order valence-electron chi connectivity index (χ3n) is 8.55. The predicted octanol–water partition coefficient (Wildman–Crippen LogP) is 5.40. The Labute approximate surface area is 241 Å². The van der Waals surface area contributed by atoms with Gasteiger partial charge in [0, 0.05) is 43.1 Å². The lowest BCUT2D eigenvalue weighted by Crippen LogP contribution is -2.65. The maximum absolute atomic E-state index is 13.9. The number of carbonyl (C=O) groups excluding carboxylic acids is 3. The van der Waals surface area contributed by atoms with E-state index in [0.29, 0.717) is 38.0 Å². The number of likely N-dealkylation sites (tertiary alicyclic amines) is 1. The van der Waals surface area contributed by atoms with Crippen LogP contribution in [0.5, 0.6) is 0 Å². The van der Waals surface area contributed by atoms with Crippen LogP contribution in [0.2, 0.25) is 5.02 Å². The van der Waals surface area contributed by atoms with Crippen molar-refractivity contribution in [2.24, 2.45) is 5.92 Å². The Morgan fingerprint density at radius 1 is 1.02 bits per heavy atom. The van der Waals surface area contributed by atoms with Crippen LogP contribution in [-0.4, -0.2) is 53.3 Å². The lowest BCUT2D eigenvalue weighted by atomic mass is 9.74. The van der Waals surface area contributed by atoms with Crippen LogP contribution >= 0.6 is 11.6 Å². The number of hydrogen-bond acceptors (Lipinski definition) is 4. The molecule has 7 nitrogen and oxygen atoms in total. The number of alkyl halides is 2. The second kappa shape index (κ2) is 10.9. The highest BCUT2D eigenvalue weighted by atomic mass is 35.5. The van der Waals surface area contributed by atoms with Crippen molar-refractivity contribution < 1.29 is 23.2 Å². The van der Waals surface area contributed by atoms with Crippen LogP contribution in [0.1, 0.15) is 64.1 Å². The largest absolute Gasteiger partial charge is 0.349 e. The molecule has 0 unspecified atom stereocenters. The van der Waals surface area contributed by atoms with Crippen molar-refractivity contribution in [1.82, 2.24) is 15.2 Å². The zero-order chi connectivity index (χ0) is 28.7. The fourth-order valence-electron chi connectivity index (χ4n) is 6.41. The number of nitrogens with zero attached hydrogens (tertiary/aromatic N) is 3. The van der Waals surface area contributed by atoms with E-state index in [-0.39, 0.29) is 34.4 Å². The van der Waals surface area contributed by atoms with Gasteiger partial charge in [-0.25, -0.2) is 8.78 Å². The first-order chi connectivity index (χ1) is 19.8. The van der Waals surface area contributed by atoms with Gasteiger partial charge in [-0.3, -0.25) is 19.4 Å². The number of pyridine rings is 1. The van der Waals surface area contributed by atoms with Gasteiger partial charge in [0.15, 0.2) is 0 Å². The molecule has 1 aromatic heterocycles. The number of fused-ring (bicyclic) bond motifs is 2. The molecule has 3 aliphatic rings. The lowest BCUT2D eigenvalue weighted by Gasteiger charge is -2.47. The van der Waals surface area contributed by atoms with E-state index in [2.05, 4.69) is 10.3 Å². The van der Waals surface area contributed by atoms with Gasteiger partial charge in [-0.05, 0) is 61.4 Å². The summed E-state index contributed by atoms with van der Waals surface area (Å²) in [5.74, 6) is -0.431. The average Bonchev–Trinajstić information content (AvgIpc) is 3.20. The summed E-state index contributed by atoms with van der Waals surface area (Å²) in [4.78, 5) is 46.9. The van der Waals surface area contributed by atoms with Gasteiger partial charge in [0.1, 0.15) is 11.1 Å². The van der Waals surface area contributed by atoms with E-state index < -0.39 is 23.4 Å². The summed E-state index contributed by atoms with van der Waals surface area (Å²) >= 11 is 5.90. The number of amides is 3. The van der Waals surface area contributed by atoms with E-state index in [9.17, 15) is 23.2 Å². The maximum Gasteiger partial charge on any atom is 0.281 e. The van der Waals surface area contributed by atoms with E-state index in [0.717, 1.165) is 30.3 Å². The van der Waals surface area contributed by atoms with Gasteiger partial charge in [0.2, 0.25) is 5.91 Å². The summed E-state index contributed by atoms with van der Waals surface area (Å²) < 4.78 is 26.7. The molecule has 2 aromatic carbocycles. The van der Waals surface area contributed by atoms with Crippen molar-refractivity contribution in [1.29, 1.82) is 0 Å². The van der Waals surface area contributed by atoms with Gasteiger partial charge in [0.05, 0.1) is 10.6 Å². The molecule has 212 valence electrons. The van der Waals surface area contributed by atoms with E-state index >= 15 is 0 Å². The molecule has 0 bridgehead atoms. The quantitative estimate of drug-likeness (QED) is 0.424. The van der Waals surface area contributed by atoms with Gasteiger partial charge < -0.3 is 15.1 Å². The summed E-state index contributed by atoms with van der Waals surface area (Å²) in [6, 6.07) is 18.0. The number of aromatic nitrogens is 1. The van der Waals surface area contributed by atoms with Crippen molar-refractivity contribution in [3.05, 3.63) is 94.3 Å². The third kappa shape index (κ3) is 4.96. The van der Waals surface area contributed by atoms with Gasteiger partial charge in [-0.1, -0.05) is 48.0 Å². The maximum atomic E-state index is 13.9. The van der Waals surface area contributed by atoms with Crippen LogP contribution in [-0.2, 0) is 10.2 Å². The molecular weight excluding hydrogens is 550 g/mol. The molecule has 2 aliphatic heterocycles. The molecule has 3 amide bonds. The highest BCUT2D eigenvalue weighted by molar-refractivity contribution is 6.30. The predicted molar refractivity (Wildman–Crippen MR) is 150 cm³/mol. The molecule has 0 radical (unpaired) electrons. The van der Waals surface area contributed by atoms with E-state index in [4.69, 9.17) is 11.6 Å². The Morgan fingerprint density at radius 3 is 2.41 bits per heavy atom. The van der Waals surface area contributed by atoms with Crippen molar-refractivity contribution in [3.63, 3.8) is 0 Å². The Balaban J connectivity index is 1.09. The monoisotopic (exact) mass is 578 g/mol. The van der Waals surface area contributed by atoms with Crippen LogP contribution in [0.25, 0.3) is 0 Å². The number of halogens is 3. The van der Waals surface area contributed by atoms with Gasteiger partial charge in [-0.2, -0.15) is 0 Å². The number of para-hydroxylation sites is 1. The van der Waals surface area contributed by atoms with E-state index in [1.165, 1.54) is 6.07 Å². The molecule has 2 fully saturated rings. The van der Waals surface area contributed by atoms with Crippen molar-refractivity contribution in [2.45, 2.75) is 43.6 Å². The van der Waals surface area contributed by atoms with Crippen molar-refractivity contribution >= 4 is 35.0 Å². The summed E-state index contributed by atoms with van der Waals surface area (Å²) in [7, 11) is 0. The van der Waals surface area contributed by atoms with Gasteiger partial charge in [0.25, 0.3) is 18.2 Å². The Bertz CT molecular complexity index is 1490. The molecule has 41 heavy (non-hydrogen) atoms. The number of rotatable bonds is 6. The first kappa shape index (κ1) is 27.3. The number of anilines is 1. The van der Waals surface area contributed by atoms with E-state index in [1.54, 1.807) is 17.0 Å². The summed E-state index contributed by atoms with van der Waals surface area (Å²) in [5, 5.41) is 2.99. The smallest absolute Gasteiger partial charge is 0.281 e. The molecule has 6 rings (SSSR count). The summed E-state index contributed by atoms with van der Waals surface area (Å²) in [6.07, 6.45) is 1.11. The number of benzene rings is 2. The zero-order valence-corrected chi connectivity index (χ0v) is 23.0. The lowest BCUT2D eigenvalue weighted by molar-refractivity contribution is -0.128. The van der Waals surface area contributed by atoms with Crippen LogP contribution in [0.4, 0.5) is 14.5 Å². The van der Waals surface area contributed by atoms with Crippen LogP contribution in [0, 0.1) is 5.92 Å². The standard InChI is InChI=1S/C31H29ClF2N4O3/c32-21-14-23(26(27(33)34)35-15-21)28(39)36-22-12-10-19(11-13-22)16-38-25-9-5-4-8-24(25)31(30(38)41)17-37(18-31)29(40)20-6-2-1-3-7-20/h1-9,14-15,19,22,27H,10-13,16-18H2,(H,36,39)/t19-,22-. The van der Waals surface area contributed by atoms with E-state index in [1.807, 2.05) is 47.4 Å². The number of hydrogen-bond donors (Lipinski definition) is 1. The first-order valence-corrected chi connectivity index (χ1v) is 14.1. The Kier molecular flexibility index (Phi) is 7.23.